The van der Waals surface area contributed by atoms with Crippen molar-refractivity contribution in [1.82, 2.24) is 15.2 Å². The topological polar surface area (TPSA) is 48.5 Å². The van der Waals surface area contributed by atoms with E-state index in [9.17, 15) is 26.7 Å². The summed E-state index contributed by atoms with van der Waals surface area (Å²) in [5.74, 6) is 0.148. The summed E-state index contributed by atoms with van der Waals surface area (Å²) in [4.78, 5) is 19.5. The van der Waals surface area contributed by atoms with Crippen LogP contribution in [0, 0.1) is 5.92 Å². The highest BCUT2D eigenvalue weighted by Crippen LogP contribution is 2.38. The van der Waals surface area contributed by atoms with E-state index in [-0.39, 0.29) is 30.6 Å². The molecule has 2 aromatic rings. The number of rotatable bonds is 2. The monoisotopic (exact) mass is 442 g/mol. The molecule has 1 aromatic carbocycles. The number of anilines is 1. The fourth-order valence-electron chi connectivity index (χ4n) is 4.47. The number of amides is 2. The molecule has 10 heteroatoms. The molecule has 3 heterocycles. The molecule has 2 aliphatic heterocycles. The van der Waals surface area contributed by atoms with E-state index >= 15 is 0 Å². The molecule has 0 unspecified atom stereocenters. The van der Waals surface area contributed by atoms with Crippen molar-refractivity contribution < 1.29 is 26.7 Å². The van der Waals surface area contributed by atoms with Crippen LogP contribution in [0.1, 0.15) is 18.9 Å². The van der Waals surface area contributed by atoms with Crippen molar-refractivity contribution in [2.24, 2.45) is 5.92 Å². The predicted octanol–water partition coefficient (Wildman–Crippen LogP) is 4.17. The number of hydrogen-bond acceptors (Lipinski definition) is 3. The Labute approximate surface area is 176 Å². The van der Waals surface area contributed by atoms with E-state index in [1.807, 2.05) is 11.8 Å². The Morgan fingerprint density at radius 3 is 2.48 bits per heavy atom. The van der Waals surface area contributed by atoms with Gasteiger partial charge in [-0.3, -0.25) is 4.98 Å². The molecule has 4 atom stereocenters. The number of hydrogen-bond donors (Lipinski definition) is 1. The van der Waals surface area contributed by atoms with Crippen molar-refractivity contribution in [1.29, 1.82) is 0 Å². The Morgan fingerprint density at radius 1 is 1.10 bits per heavy atom. The van der Waals surface area contributed by atoms with Crippen LogP contribution in [0.5, 0.6) is 0 Å². The maximum Gasteiger partial charge on any atom is 0.418 e. The van der Waals surface area contributed by atoms with Gasteiger partial charge in [0.15, 0.2) is 12.3 Å². The van der Waals surface area contributed by atoms with Crippen LogP contribution >= 0.6 is 0 Å². The number of carbonyl (C=O) groups excluding carboxylic acids is 1. The molecule has 0 bridgehead atoms. The first-order chi connectivity index (χ1) is 14.6. The Kier molecular flexibility index (Phi) is 5.65. The van der Waals surface area contributed by atoms with E-state index in [0.29, 0.717) is 30.6 Å². The van der Waals surface area contributed by atoms with E-state index in [4.69, 9.17) is 0 Å². The maximum absolute atomic E-state index is 13.4. The average molecular weight is 442 g/mol. The molecule has 2 saturated heterocycles. The van der Waals surface area contributed by atoms with Crippen molar-refractivity contribution in [3.8, 4) is 0 Å². The molecule has 4 rings (SSSR count). The molecular weight excluding hydrogens is 419 g/mol. The van der Waals surface area contributed by atoms with Crippen LogP contribution in [-0.2, 0) is 6.18 Å². The van der Waals surface area contributed by atoms with Gasteiger partial charge in [-0.2, -0.15) is 13.2 Å². The molecule has 0 aliphatic carbocycles. The SMILES string of the molecule is C[C@H]1C[C@@H](NC(=O)N2C[C@@H](F)[C@@H](F)C2)CN(c2ccc(C(F)(F)F)c3ncccc23)C1. The van der Waals surface area contributed by atoms with Gasteiger partial charge in [0.25, 0.3) is 0 Å². The number of benzene rings is 1. The van der Waals surface area contributed by atoms with Crippen LogP contribution in [0.4, 0.5) is 32.4 Å². The number of nitrogens with zero attached hydrogens (tertiary/aromatic N) is 3. The quantitative estimate of drug-likeness (QED) is 0.711. The van der Waals surface area contributed by atoms with Crippen LogP contribution in [0.2, 0.25) is 0 Å². The number of alkyl halides is 5. The number of urea groups is 1. The van der Waals surface area contributed by atoms with Crippen LogP contribution < -0.4 is 10.2 Å². The molecule has 5 nitrogen and oxygen atoms in total. The van der Waals surface area contributed by atoms with Crippen molar-refractivity contribution >= 4 is 22.6 Å². The standard InChI is InChI=1S/C21H23F5N4O/c1-12-7-13(28-20(31)30-10-16(22)17(23)11-30)9-29(8-12)18-5-4-15(21(24,25)26)19-14(18)3-2-6-27-19/h2-6,12-13,16-17H,7-11H2,1H3,(H,28,31)/t12-,13+,16-,17+/m0/s1. The fourth-order valence-corrected chi connectivity index (χ4v) is 4.47. The average Bonchev–Trinajstić information content (AvgIpc) is 3.04. The van der Waals surface area contributed by atoms with Crippen LogP contribution in [0.15, 0.2) is 30.5 Å². The first-order valence-corrected chi connectivity index (χ1v) is 10.2. The van der Waals surface area contributed by atoms with Gasteiger partial charge in [0, 0.05) is 36.4 Å². The van der Waals surface area contributed by atoms with Crippen molar-refractivity contribution in [2.75, 3.05) is 31.1 Å². The Morgan fingerprint density at radius 2 is 1.81 bits per heavy atom. The van der Waals surface area contributed by atoms with E-state index in [1.165, 1.54) is 12.3 Å². The van der Waals surface area contributed by atoms with Gasteiger partial charge < -0.3 is 15.1 Å². The normalized spacial score (nSPS) is 27.0. The van der Waals surface area contributed by atoms with Crippen molar-refractivity contribution in [3.05, 3.63) is 36.0 Å². The van der Waals surface area contributed by atoms with Gasteiger partial charge in [-0.15, -0.1) is 0 Å². The predicted molar refractivity (Wildman–Crippen MR) is 106 cm³/mol. The Hall–Kier alpha value is -2.65. The highest BCUT2D eigenvalue weighted by Gasteiger charge is 2.37. The summed E-state index contributed by atoms with van der Waals surface area (Å²) in [6.45, 7) is 2.39. The highest BCUT2D eigenvalue weighted by molar-refractivity contribution is 5.94. The third-order valence-corrected chi connectivity index (χ3v) is 5.85. The van der Waals surface area contributed by atoms with Gasteiger partial charge in [0.1, 0.15) is 0 Å². The van der Waals surface area contributed by atoms with Crippen LogP contribution in [0.3, 0.4) is 0 Å². The molecule has 2 aliphatic rings. The summed E-state index contributed by atoms with van der Waals surface area (Å²) >= 11 is 0. The van der Waals surface area contributed by atoms with Crippen molar-refractivity contribution in [3.63, 3.8) is 0 Å². The van der Waals surface area contributed by atoms with Gasteiger partial charge in [0.05, 0.1) is 24.2 Å². The van der Waals surface area contributed by atoms with Gasteiger partial charge >= 0.3 is 12.2 Å². The number of pyridine rings is 1. The van der Waals surface area contributed by atoms with Crippen LogP contribution in [0.25, 0.3) is 10.9 Å². The van der Waals surface area contributed by atoms with Gasteiger partial charge in [0.2, 0.25) is 0 Å². The molecule has 0 radical (unpaired) electrons. The minimum absolute atomic E-state index is 0.119. The number of carbonyl (C=O) groups is 1. The number of halogens is 5. The lowest BCUT2D eigenvalue weighted by Crippen LogP contribution is -2.53. The smallest absolute Gasteiger partial charge is 0.369 e. The second-order valence-corrected chi connectivity index (χ2v) is 8.36. The van der Waals surface area contributed by atoms with E-state index in [0.717, 1.165) is 11.0 Å². The molecule has 168 valence electrons. The number of likely N-dealkylation sites (tertiary alicyclic amines) is 1. The van der Waals surface area contributed by atoms with E-state index in [1.54, 1.807) is 12.1 Å². The third-order valence-electron chi connectivity index (χ3n) is 5.85. The van der Waals surface area contributed by atoms with E-state index < -0.39 is 30.1 Å². The highest BCUT2D eigenvalue weighted by atomic mass is 19.4. The third kappa shape index (κ3) is 4.38. The Balaban J connectivity index is 1.56. The summed E-state index contributed by atoms with van der Waals surface area (Å²) in [7, 11) is 0. The second kappa shape index (κ2) is 8.12. The minimum atomic E-state index is -4.52. The molecule has 2 fully saturated rings. The summed E-state index contributed by atoms with van der Waals surface area (Å²) in [6, 6.07) is 4.83. The summed E-state index contributed by atoms with van der Waals surface area (Å²) in [5, 5.41) is 3.22. The lowest BCUT2D eigenvalue weighted by atomic mass is 9.94. The Bertz CT molecular complexity index is 958. The van der Waals surface area contributed by atoms with Gasteiger partial charge in [-0.25, -0.2) is 13.6 Å². The maximum atomic E-state index is 13.4. The van der Waals surface area contributed by atoms with E-state index in [2.05, 4.69) is 10.3 Å². The fraction of sp³-hybridized carbons (Fsp3) is 0.524. The molecule has 2 amide bonds. The van der Waals surface area contributed by atoms with Crippen molar-refractivity contribution in [2.45, 2.75) is 37.9 Å². The minimum Gasteiger partial charge on any atom is -0.369 e. The molecule has 31 heavy (non-hydrogen) atoms. The summed E-state index contributed by atoms with van der Waals surface area (Å²) < 4.78 is 67.1. The lowest BCUT2D eigenvalue weighted by molar-refractivity contribution is -0.136. The van der Waals surface area contributed by atoms with Gasteiger partial charge in [-0.05, 0) is 36.6 Å². The number of fused-ring (bicyclic) bond motifs is 1. The molecule has 1 aromatic heterocycles. The molecular formula is C21H23F5N4O. The van der Waals surface area contributed by atoms with Crippen LogP contribution in [-0.4, -0.2) is 60.5 Å². The number of aromatic nitrogens is 1. The number of nitrogens with one attached hydrogen (secondary N) is 1. The molecule has 0 saturated carbocycles. The zero-order valence-corrected chi connectivity index (χ0v) is 16.9. The van der Waals surface area contributed by atoms with Gasteiger partial charge in [-0.1, -0.05) is 6.92 Å². The zero-order valence-electron chi connectivity index (χ0n) is 16.9. The molecule has 0 spiro atoms. The first-order valence-electron chi connectivity index (χ1n) is 10.2. The molecule has 1 N–H and O–H groups in total. The summed E-state index contributed by atoms with van der Waals surface area (Å²) in [5.41, 5.74) is -0.306. The zero-order chi connectivity index (χ0) is 22.3. The second-order valence-electron chi connectivity index (χ2n) is 8.36. The number of piperidine rings is 1. The largest absolute Gasteiger partial charge is 0.418 e. The first kappa shape index (κ1) is 21.6. The summed E-state index contributed by atoms with van der Waals surface area (Å²) in [6.07, 6.45) is -5.90. The lowest BCUT2D eigenvalue weighted by Gasteiger charge is -2.39.